The molecule has 0 saturated carbocycles. The van der Waals surface area contributed by atoms with Crippen molar-refractivity contribution in [2.24, 2.45) is 11.7 Å². The van der Waals surface area contributed by atoms with Gasteiger partial charge in [0.05, 0.1) is 5.84 Å². The van der Waals surface area contributed by atoms with Crippen LogP contribution in [0.25, 0.3) is 0 Å². The van der Waals surface area contributed by atoms with Crippen molar-refractivity contribution in [1.29, 1.82) is 5.41 Å². The van der Waals surface area contributed by atoms with Crippen molar-refractivity contribution in [3.8, 4) is 0 Å². The Morgan fingerprint density at radius 3 is 2.72 bits per heavy atom. The van der Waals surface area contributed by atoms with E-state index in [1.54, 1.807) is 0 Å². The highest BCUT2D eigenvalue weighted by Gasteiger charge is 2.09. The third-order valence-electron chi connectivity index (χ3n) is 2.62. The standard InChI is InChI=1S/C14H22BrN3/c1-11(2)9-18(7-6-14(16)17)10-12-4-3-5-13(15)8-12/h3-5,8,11H,6-7,9-10H2,1-2H3,(H3,16,17). The maximum absolute atomic E-state index is 7.33. The molecule has 0 aliphatic rings. The van der Waals surface area contributed by atoms with Crippen molar-refractivity contribution < 1.29 is 0 Å². The molecule has 3 nitrogen and oxygen atoms in total. The summed E-state index contributed by atoms with van der Waals surface area (Å²) in [6.07, 6.45) is 0.640. The Labute approximate surface area is 118 Å². The van der Waals surface area contributed by atoms with Gasteiger partial charge in [-0.1, -0.05) is 41.9 Å². The molecule has 0 amide bonds. The van der Waals surface area contributed by atoms with Gasteiger partial charge in [-0.2, -0.15) is 0 Å². The predicted octanol–water partition coefficient (Wildman–Crippen LogP) is 3.23. The molecule has 0 unspecified atom stereocenters. The Morgan fingerprint density at radius 1 is 1.44 bits per heavy atom. The molecule has 0 aliphatic carbocycles. The number of halogens is 1. The van der Waals surface area contributed by atoms with E-state index < -0.39 is 0 Å². The minimum absolute atomic E-state index is 0.262. The van der Waals surface area contributed by atoms with Gasteiger partial charge in [-0.3, -0.25) is 10.3 Å². The molecule has 1 rings (SSSR count). The zero-order valence-electron chi connectivity index (χ0n) is 11.1. The van der Waals surface area contributed by atoms with Gasteiger partial charge in [0.1, 0.15) is 0 Å². The van der Waals surface area contributed by atoms with Crippen molar-refractivity contribution >= 4 is 21.8 Å². The van der Waals surface area contributed by atoms with Crippen LogP contribution in [0.3, 0.4) is 0 Å². The maximum Gasteiger partial charge on any atom is 0.0918 e. The molecule has 0 atom stereocenters. The Balaban J connectivity index is 2.62. The molecule has 0 spiro atoms. The Morgan fingerprint density at radius 2 is 2.17 bits per heavy atom. The van der Waals surface area contributed by atoms with Gasteiger partial charge in [0, 0.05) is 30.5 Å². The van der Waals surface area contributed by atoms with Gasteiger partial charge in [0.2, 0.25) is 0 Å². The van der Waals surface area contributed by atoms with Gasteiger partial charge in [0.25, 0.3) is 0 Å². The van der Waals surface area contributed by atoms with Crippen molar-refractivity contribution in [2.75, 3.05) is 13.1 Å². The van der Waals surface area contributed by atoms with E-state index in [4.69, 9.17) is 11.1 Å². The summed E-state index contributed by atoms with van der Waals surface area (Å²) in [5.41, 5.74) is 6.72. The lowest BCUT2D eigenvalue weighted by Crippen LogP contribution is -2.30. The van der Waals surface area contributed by atoms with Crippen LogP contribution in [0.1, 0.15) is 25.8 Å². The molecule has 4 heteroatoms. The second-order valence-corrected chi connectivity index (χ2v) is 5.95. The number of nitrogens with zero attached hydrogens (tertiary/aromatic N) is 1. The fourth-order valence-corrected chi connectivity index (χ4v) is 2.37. The molecule has 0 aliphatic heterocycles. The molecule has 0 aromatic heterocycles. The molecule has 0 heterocycles. The Bertz CT molecular complexity index is 390. The molecular weight excluding hydrogens is 290 g/mol. The first-order chi connectivity index (χ1) is 8.47. The van der Waals surface area contributed by atoms with E-state index in [2.05, 4.69) is 52.9 Å². The van der Waals surface area contributed by atoms with E-state index in [-0.39, 0.29) is 5.84 Å². The second kappa shape index (κ2) is 7.54. The van der Waals surface area contributed by atoms with E-state index in [9.17, 15) is 0 Å². The number of nitrogens with one attached hydrogen (secondary N) is 1. The lowest BCUT2D eigenvalue weighted by Gasteiger charge is -2.24. The van der Waals surface area contributed by atoms with E-state index in [1.807, 2.05) is 6.07 Å². The number of amidine groups is 1. The van der Waals surface area contributed by atoms with Crippen LogP contribution in [0.15, 0.2) is 28.7 Å². The van der Waals surface area contributed by atoms with E-state index in [0.717, 1.165) is 24.1 Å². The zero-order chi connectivity index (χ0) is 13.5. The number of nitrogens with two attached hydrogens (primary N) is 1. The number of benzene rings is 1. The molecule has 0 bridgehead atoms. The summed E-state index contributed by atoms with van der Waals surface area (Å²) in [6.45, 7) is 7.20. The van der Waals surface area contributed by atoms with Crippen molar-refractivity contribution in [3.63, 3.8) is 0 Å². The number of rotatable bonds is 7. The average Bonchev–Trinajstić information content (AvgIpc) is 2.25. The smallest absolute Gasteiger partial charge is 0.0918 e. The first-order valence-electron chi connectivity index (χ1n) is 6.27. The zero-order valence-corrected chi connectivity index (χ0v) is 12.7. The molecular formula is C14H22BrN3. The fourth-order valence-electron chi connectivity index (χ4n) is 1.92. The maximum atomic E-state index is 7.33. The van der Waals surface area contributed by atoms with Gasteiger partial charge < -0.3 is 5.73 Å². The topological polar surface area (TPSA) is 53.1 Å². The molecule has 1 aromatic rings. The highest BCUT2D eigenvalue weighted by molar-refractivity contribution is 9.10. The molecule has 0 radical (unpaired) electrons. The van der Waals surface area contributed by atoms with Gasteiger partial charge in [-0.15, -0.1) is 0 Å². The summed E-state index contributed by atoms with van der Waals surface area (Å²) in [5.74, 6) is 0.877. The first kappa shape index (κ1) is 15.2. The van der Waals surface area contributed by atoms with Crippen molar-refractivity contribution in [2.45, 2.75) is 26.8 Å². The number of hydrogen-bond donors (Lipinski definition) is 2. The third-order valence-corrected chi connectivity index (χ3v) is 3.11. The average molecular weight is 312 g/mol. The predicted molar refractivity (Wildman–Crippen MR) is 80.8 cm³/mol. The molecule has 1 aromatic carbocycles. The minimum Gasteiger partial charge on any atom is -0.388 e. The van der Waals surface area contributed by atoms with Crippen LogP contribution in [-0.4, -0.2) is 23.8 Å². The molecule has 100 valence electrons. The summed E-state index contributed by atoms with van der Waals surface area (Å²) < 4.78 is 1.11. The van der Waals surface area contributed by atoms with Gasteiger partial charge >= 0.3 is 0 Å². The Hall–Kier alpha value is -0.870. The largest absolute Gasteiger partial charge is 0.388 e. The quantitative estimate of drug-likeness (QED) is 0.600. The van der Waals surface area contributed by atoms with Crippen molar-refractivity contribution in [3.05, 3.63) is 34.3 Å². The molecule has 3 N–H and O–H groups in total. The van der Waals surface area contributed by atoms with Gasteiger partial charge in [-0.25, -0.2) is 0 Å². The van der Waals surface area contributed by atoms with Crippen LogP contribution in [0.4, 0.5) is 0 Å². The number of hydrogen-bond acceptors (Lipinski definition) is 2. The summed E-state index contributed by atoms with van der Waals surface area (Å²) in [6, 6.07) is 8.36. The monoisotopic (exact) mass is 311 g/mol. The first-order valence-corrected chi connectivity index (χ1v) is 7.06. The Kier molecular flexibility index (Phi) is 6.36. The van der Waals surface area contributed by atoms with Crippen LogP contribution in [0.5, 0.6) is 0 Å². The molecule has 18 heavy (non-hydrogen) atoms. The van der Waals surface area contributed by atoms with Crippen LogP contribution < -0.4 is 5.73 Å². The van der Waals surface area contributed by atoms with Crippen LogP contribution in [0, 0.1) is 11.3 Å². The van der Waals surface area contributed by atoms with Crippen LogP contribution in [-0.2, 0) is 6.54 Å². The van der Waals surface area contributed by atoms with Crippen LogP contribution in [0.2, 0.25) is 0 Å². The highest BCUT2D eigenvalue weighted by Crippen LogP contribution is 2.14. The normalized spacial score (nSPS) is 11.2. The molecule has 0 fully saturated rings. The van der Waals surface area contributed by atoms with Gasteiger partial charge in [0.15, 0.2) is 0 Å². The lowest BCUT2D eigenvalue weighted by atomic mass is 10.1. The summed E-state index contributed by atoms with van der Waals surface area (Å²) in [7, 11) is 0. The SMILES string of the molecule is CC(C)CN(CCC(=N)N)Cc1cccc(Br)c1. The minimum atomic E-state index is 0.262. The summed E-state index contributed by atoms with van der Waals surface area (Å²) in [5, 5.41) is 7.33. The third kappa shape index (κ3) is 6.17. The lowest BCUT2D eigenvalue weighted by molar-refractivity contribution is 0.242. The second-order valence-electron chi connectivity index (χ2n) is 5.03. The highest BCUT2D eigenvalue weighted by atomic mass is 79.9. The van der Waals surface area contributed by atoms with Crippen LogP contribution >= 0.6 is 15.9 Å². The van der Waals surface area contributed by atoms with Crippen molar-refractivity contribution in [1.82, 2.24) is 4.90 Å². The molecule has 0 saturated heterocycles. The van der Waals surface area contributed by atoms with Gasteiger partial charge in [-0.05, 0) is 23.6 Å². The van der Waals surface area contributed by atoms with E-state index >= 15 is 0 Å². The van der Waals surface area contributed by atoms with E-state index in [0.29, 0.717) is 12.3 Å². The fraction of sp³-hybridized carbons (Fsp3) is 0.500. The summed E-state index contributed by atoms with van der Waals surface area (Å²) in [4.78, 5) is 2.36. The van der Waals surface area contributed by atoms with E-state index in [1.165, 1.54) is 5.56 Å². The summed E-state index contributed by atoms with van der Waals surface area (Å²) >= 11 is 3.49.